The highest BCUT2D eigenvalue weighted by atomic mass is 35.5. The van der Waals surface area contributed by atoms with Crippen molar-refractivity contribution in [3.05, 3.63) is 34.4 Å². The van der Waals surface area contributed by atoms with Gasteiger partial charge >= 0.3 is 0 Å². The first-order valence-corrected chi connectivity index (χ1v) is 6.53. The van der Waals surface area contributed by atoms with E-state index in [9.17, 15) is 0 Å². The Morgan fingerprint density at radius 3 is 2.68 bits per heavy atom. The van der Waals surface area contributed by atoms with Gasteiger partial charge in [-0.2, -0.15) is 10.5 Å². The molecule has 0 aliphatic rings. The third-order valence-electron chi connectivity index (χ3n) is 2.52. The van der Waals surface area contributed by atoms with Crippen molar-refractivity contribution in [2.45, 2.75) is 26.2 Å². The van der Waals surface area contributed by atoms with Gasteiger partial charge in [0.15, 0.2) is 0 Å². The van der Waals surface area contributed by atoms with Crippen LogP contribution in [0.2, 0.25) is 5.02 Å². The highest BCUT2D eigenvalue weighted by molar-refractivity contribution is 6.30. The van der Waals surface area contributed by atoms with Crippen LogP contribution in [0, 0.1) is 22.7 Å². The van der Waals surface area contributed by atoms with E-state index in [4.69, 9.17) is 26.9 Å². The van der Waals surface area contributed by atoms with Gasteiger partial charge in [0.25, 0.3) is 0 Å². The molecule has 0 atom stereocenters. The van der Waals surface area contributed by atoms with Crippen molar-refractivity contribution in [3.8, 4) is 17.9 Å². The Labute approximate surface area is 118 Å². The monoisotopic (exact) mass is 274 g/mol. The molecule has 0 N–H and O–H groups in total. The fourth-order valence-electron chi connectivity index (χ4n) is 1.54. The molecule has 0 radical (unpaired) electrons. The molecule has 1 aromatic carbocycles. The molecule has 19 heavy (non-hydrogen) atoms. The molecule has 1 aromatic rings. The van der Waals surface area contributed by atoms with Crippen molar-refractivity contribution in [1.29, 1.82) is 10.5 Å². The van der Waals surface area contributed by atoms with E-state index in [1.54, 1.807) is 18.2 Å². The summed E-state index contributed by atoms with van der Waals surface area (Å²) in [6.45, 7) is 2.74. The van der Waals surface area contributed by atoms with Crippen molar-refractivity contribution in [2.75, 3.05) is 6.61 Å². The Balaban J connectivity index is 2.90. The second-order valence-electron chi connectivity index (χ2n) is 4.02. The molecule has 0 saturated heterocycles. The molecule has 0 spiro atoms. The molecule has 0 fully saturated rings. The van der Waals surface area contributed by atoms with Gasteiger partial charge < -0.3 is 4.74 Å². The first kappa shape index (κ1) is 15.1. The van der Waals surface area contributed by atoms with Gasteiger partial charge in [0, 0.05) is 10.6 Å². The van der Waals surface area contributed by atoms with Gasteiger partial charge in [-0.25, -0.2) is 0 Å². The topological polar surface area (TPSA) is 56.8 Å². The quantitative estimate of drug-likeness (QED) is 0.573. The zero-order chi connectivity index (χ0) is 14.1. The summed E-state index contributed by atoms with van der Waals surface area (Å²) in [6.07, 6.45) is 4.71. The summed E-state index contributed by atoms with van der Waals surface area (Å²) in [5.41, 5.74) is 0.683. The number of hydrogen-bond acceptors (Lipinski definition) is 3. The lowest BCUT2D eigenvalue weighted by molar-refractivity contribution is 0.305. The van der Waals surface area contributed by atoms with E-state index < -0.39 is 0 Å². The predicted octanol–water partition coefficient (Wildman–Crippen LogP) is 4.34. The van der Waals surface area contributed by atoms with Gasteiger partial charge in [0.1, 0.15) is 23.5 Å². The maximum absolute atomic E-state index is 8.78. The largest absolute Gasteiger partial charge is 0.493 e. The van der Waals surface area contributed by atoms with E-state index in [1.807, 2.05) is 12.1 Å². The SMILES string of the molecule is CCCCCOc1ccc(Cl)cc1C=C(C#N)C#N. The number of nitrogens with zero attached hydrogens (tertiary/aromatic N) is 2. The van der Waals surface area contributed by atoms with Crippen LogP contribution in [-0.4, -0.2) is 6.61 Å². The molecule has 0 aliphatic heterocycles. The van der Waals surface area contributed by atoms with Crippen LogP contribution in [0.3, 0.4) is 0 Å². The molecule has 0 bridgehead atoms. The molecule has 0 saturated carbocycles. The minimum Gasteiger partial charge on any atom is -0.493 e. The van der Waals surface area contributed by atoms with Crippen molar-refractivity contribution in [2.24, 2.45) is 0 Å². The van der Waals surface area contributed by atoms with E-state index in [1.165, 1.54) is 6.08 Å². The summed E-state index contributed by atoms with van der Waals surface area (Å²) in [5, 5.41) is 18.1. The summed E-state index contributed by atoms with van der Waals surface area (Å²) in [6, 6.07) is 8.82. The van der Waals surface area contributed by atoms with Crippen molar-refractivity contribution in [1.82, 2.24) is 0 Å². The van der Waals surface area contributed by atoms with E-state index in [0.717, 1.165) is 19.3 Å². The van der Waals surface area contributed by atoms with Gasteiger partial charge in [-0.3, -0.25) is 0 Å². The van der Waals surface area contributed by atoms with E-state index >= 15 is 0 Å². The third-order valence-corrected chi connectivity index (χ3v) is 2.75. The van der Waals surface area contributed by atoms with Crippen LogP contribution in [0.15, 0.2) is 23.8 Å². The van der Waals surface area contributed by atoms with Gasteiger partial charge in [-0.05, 0) is 30.7 Å². The lowest BCUT2D eigenvalue weighted by atomic mass is 10.1. The lowest BCUT2D eigenvalue weighted by Crippen LogP contribution is -1.98. The third kappa shape index (κ3) is 5.04. The molecule has 0 aromatic heterocycles. The molecule has 0 heterocycles. The molecular weight excluding hydrogens is 260 g/mol. The minimum atomic E-state index is 0.0284. The smallest absolute Gasteiger partial charge is 0.130 e. The summed E-state index contributed by atoms with van der Waals surface area (Å²) in [7, 11) is 0. The van der Waals surface area contributed by atoms with Crippen LogP contribution in [-0.2, 0) is 0 Å². The Hall–Kier alpha value is -1.97. The molecule has 0 amide bonds. The summed E-state index contributed by atoms with van der Waals surface area (Å²) >= 11 is 5.92. The highest BCUT2D eigenvalue weighted by Gasteiger charge is 2.04. The lowest BCUT2D eigenvalue weighted by Gasteiger charge is -2.09. The first-order valence-electron chi connectivity index (χ1n) is 6.15. The Kier molecular flexibility index (Phi) is 6.50. The van der Waals surface area contributed by atoms with Crippen molar-refractivity contribution in [3.63, 3.8) is 0 Å². The Bertz CT molecular complexity index is 522. The number of unbranched alkanes of at least 4 members (excludes halogenated alkanes) is 2. The van der Waals surface area contributed by atoms with Crippen LogP contribution < -0.4 is 4.74 Å². The second-order valence-corrected chi connectivity index (χ2v) is 4.46. The minimum absolute atomic E-state index is 0.0284. The number of rotatable bonds is 6. The van der Waals surface area contributed by atoms with Gasteiger partial charge in [0.05, 0.1) is 6.61 Å². The molecule has 0 unspecified atom stereocenters. The fourth-order valence-corrected chi connectivity index (χ4v) is 1.72. The summed E-state index contributed by atoms with van der Waals surface area (Å²) < 4.78 is 5.66. The van der Waals surface area contributed by atoms with Crippen LogP contribution in [0.4, 0.5) is 0 Å². The molecule has 0 aliphatic carbocycles. The predicted molar refractivity (Wildman–Crippen MR) is 75.7 cm³/mol. The standard InChI is InChI=1S/C15H15ClN2O/c1-2-3-4-7-19-15-6-5-14(16)9-13(15)8-12(10-17)11-18/h5-6,8-9H,2-4,7H2,1H3. The molecule has 1 rings (SSSR count). The number of hydrogen-bond donors (Lipinski definition) is 0. The summed E-state index contributed by atoms with van der Waals surface area (Å²) in [4.78, 5) is 0. The highest BCUT2D eigenvalue weighted by Crippen LogP contribution is 2.25. The van der Waals surface area contributed by atoms with Crippen LogP contribution >= 0.6 is 11.6 Å². The van der Waals surface area contributed by atoms with Gasteiger partial charge in [-0.1, -0.05) is 31.4 Å². The maximum atomic E-state index is 8.78. The first-order chi connectivity index (χ1) is 9.21. The van der Waals surface area contributed by atoms with Crippen molar-refractivity contribution >= 4 is 17.7 Å². The zero-order valence-corrected chi connectivity index (χ0v) is 11.6. The second kappa shape index (κ2) is 8.19. The van der Waals surface area contributed by atoms with E-state index in [-0.39, 0.29) is 5.57 Å². The number of allylic oxidation sites excluding steroid dienone is 1. The Morgan fingerprint density at radius 1 is 1.32 bits per heavy atom. The normalized spacial score (nSPS) is 9.26. The zero-order valence-electron chi connectivity index (χ0n) is 10.8. The number of halogens is 1. The Morgan fingerprint density at radius 2 is 2.05 bits per heavy atom. The number of nitriles is 2. The van der Waals surface area contributed by atoms with Gasteiger partial charge in [-0.15, -0.1) is 0 Å². The molecule has 98 valence electrons. The summed E-state index contributed by atoms with van der Waals surface area (Å²) in [5.74, 6) is 0.642. The van der Waals surface area contributed by atoms with Crippen LogP contribution in [0.1, 0.15) is 31.7 Å². The molecular formula is C15H15ClN2O. The fraction of sp³-hybridized carbons (Fsp3) is 0.333. The number of ether oxygens (including phenoxy) is 1. The van der Waals surface area contributed by atoms with Crippen LogP contribution in [0.25, 0.3) is 6.08 Å². The maximum Gasteiger partial charge on any atom is 0.130 e. The van der Waals surface area contributed by atoms with E-state index in [0.29, 0.717) is 22.9 Å². The number of benzene rings is 1. The van der Waals surface area contributed by atoms with Crippen molar-refractivity contribution < 1.29 is 4.74 Å². The van der Waals surface area contributed by atoms with Gasteiger partial charge in [0.2, 0.25) is 0 Å². The molecule has 4 heteroatoms. The molecule has 3 nitrogen and oxygen atoms in total. The van der Waals surface area contributed by atoms with Crippen LogP contribution in [0.5, 0.6) is 5.75 Å². The average Bonchev–Trinajstić information content (AvgIpc) is 2.42. The average molecular weight is 275 g/mol. The van der Waals surface area contributed by atoms with E-state index in [2.05, 4.69) is 6.92 Å².